The highest BCUT2D eigenvalue weighted by Crippen LogP contribution is 2.29. The summed E-state index contributed by atoms with van der Waals surface area (Å²) in [5, 5.41) is 7.35. The normalized spacial score (nSPS) is 10.7. The van der Waals surface area contributed by atoms with Crippen molar-refractivity contribution in [3.05, 3.63) is 86.3 Å². The van der Waals surface area contributed by atoms with E-state index in [1.807, 2.05) is 0 Å². The van der Waals surface area contributed by atoms with Crippen molar-refractivity contribution in [2.45, 2.75) is 6.61 Å². The van der Waals surface area contributed by atoms with E-state index in [9.17, 15) is 9.59 Å². The third-order valence-corrected chi connectivity index (χ3v) is 5.39. The number of halogens is 3. The molecule has 0 saturated carbocycles. The molecule has 0 radical (unpaired) electrons. The Balaban J connectivity index is 1.57. The second-order valence-electron chi connectivity index (χ2n) is 6.59. The van der Waals surface area contributed by atoms with Crippen LogP contribution in [0.15, 0.2) is 70.2 Å². The smallest absolute Gasteiger partial charge is 0.329 e. The van der Waals surface area contributed by atoms with Gasteiger partial charge in [-0.2, -0.15) is 5.10 Å². The number of hydrazone groups is 1. The molecule has 0 heterocycles. The fraction of sp³-hybridized carbons (Fsp3) is 0.0870. The number of carbonyl (C=O) groups excluding carboxylic acids is 2. The van der Waals surface area contributed by atoms with E-state index in [2.05, 4.69) is 31.8 Å². The number of methoxy groups -OCH3 is 1. The summed E-state index contributed by atoms with van der Waals surface area (Å²) in [5.41, 5.74) is 4.07. The van der Waals surface area contributed by atoms with Gasteiger partial charge in [0, 0.05) is 25.8 Å². The monoisotopic (exact) mass is 549 g/mol. The Kier molecular flexibility index (Phi) is 8.71. The standard InChI is InChI=1S/C23H18BrCl2N3O4/c1-32-21-10-14(2-9-20(21)33-13-15-3-6-17(25)11-19(15)26)12-27-29-23(31)22(30)28-18-7-4-16(24)5-8-18/h2-12H,13H2,1H3,(H,28,30)(H,29,31). The lowest BCUT2D eigenvalue weighted by Gasteiger charge is -2.12. The molecule has 0 spiro atoms. The van der Waals surface area contributed by atoms with Crippen LogP contribution in [0.25, 0.3) is 0 Å². The molecule has 170 valence electrons. The van der Waals surface area contributed by atoms with Crippen molar-refractivity contribution in [2.24, 2.45) is 5.10 Å². The SMILES string of the molecule is COc1cc(C=NNC(=O)C(=O)Nc2ccc(Br)cc2)ccc1OCc1ccc(Cl)cc1Cl. The summed E-state index contributed by atoms with van der Waals surface area (Å²) in [6, 6.07) is 17.1. The molecule has 2 N–H and O–H groups in total. The zero-order chi connectivity index (χ0) is 23.8. The first-order valence-electron chi connectivity index (χ1n) is 9.50. The molecule has 3 rings (SSSR count). The van der Waals surface area contributed by atoms with Crippen molar-refractivity contribution in [3.8, 4) is 11.5 Å². The van der Waals surface area contributed by atoms with E-state index in [1.165, 1.54) is 13.3 Å². The van der Waals surface area contributed by atoms with Gasteiger partial charge in [0.05, 0.1) is 13.3 Å². The highest BCUT2D eigenvalue weighted by molar-refractivity contribution is 9.10. The van der Waals surface area contributed by atoms with Gasteiger partial charge in [0.15, 0.2) is 11.5 Å². The summed E-state index contributed by atoms with van der Waals surface area (Å²) < 4.78 is 12.0. The second-order valence-corrected chi connectivity index (χ2v) is 8.35. The fourth-order valence-electron chi connectivity index (χ4n) is 2.62. The van der Waals surface area contributed by atoms with Gasteiger partial charge >= 0.3 is 11.8 Å². The minimum atomic E-state index is -0.902. The molecular formula is C23H18BrCl2N3O4. The summed E-state index contributed by atoms with van der Waals surface area (Å²) in [6.45, 7) is 0.226. The summed E-state index contributed by atoms with van der Waals surface area (Å²) in [4.78, 5) is 23.9. The predicted molar refractivity (Wildman–Crippen MR) is 132 cm³/mol. The van der Waals surface area contributed by atoms with E-state index in [0.717, 1.165) is 10.0 Å². The molecule has 2 amide bonds. The molecule has 33 heavy (non-hydrogen) atoms. The van der Waals surface area contributed by atoms with Gasteiger partial charge in [0.1, 0.15) is 6.61 Å². The Morgan fingerprint density at radius 1 is 1.00 bits per heavy atom. The minimum Gasteiger partial charge on any atom is -0.493 e. The van der Waals surface area contributed by atoms with Gasteiger partial charge in [-0.15, -0.1) is 0 Å². The third-order valence-electron chi connectivity index (χ3n) is 4.27. The number of nitrogens with one attached hydrogen (secondary N) is 2. The van der Waals surface area contributed by atoms with E-state index in [1.54, 1.807) is 60.7 Å². The van der Waals surface area contributed by atoms with Crippen molar-refractivity contribution in [2.75, 3.05) is 12.4 Å². The van der Waals surface area contributed by atoms with Gasteiger partial charge in [-0.3, -0.25) is 9.59 Å². The van der Waals surface area contributed by atoms with Crippen molar-refractivity contribution < 1.29 is 19.1 Å². The highest BCUT2D eigenvalue weighted by atomic mass is 79.9. The van der Waals surface area contributed by atoms with Crippen LogP contribution >= 0.6 is 39.1 Å². The summed E-state index contributed by atoms with van der Waals surface area (Å²) in [5.74, 6) is -0.778. The van der Waals surface area contributed by atoms with Crippen LogP contribution in [0.2, 0.25) is 10.0 Å². The number of rotatable bonds is 7. The van der Waals surface area contributed by atoms with E-state index < -0.39 is 11.8 Å². The molecule has 0 bridgehead atoms. The van der Waals surface area contributed by atoms with Crippen LogP contribution in [-0.4, -0.2) is 25.1 Å². The largest absolute Gasteiger partial charge is 0.493 e. The molecule has 10 heteroatoms. The molecule has 0 aliphatic carbocycles. The summed E-state index contributed by atoms with van der Waals surface area (Å²) >= 11 is 15.4. The molecule has 0 aliphatic heterocycles. The molecule has 0 aromatic heterocycles. The maximum absolute atomic E-state index is 12.0. The van der Waals surface area contributed by atoms with Crippen LogP contribution in [0.1, 0.15) is 11.1 Å². The van der Waals surface area contributed by atoms with Crippen LogP contribution in [0, 0.1) is 0 Å². The number of nitrogens with zero attached hydrogens (tertiary/aromatic N) is 1. The third kappa shape index (κ3) is 7.21. The van der Waals surface area contributed by atoms with Gasteiger partial charge in [0.25, 0.3) is 0 Å². The number of anilines is 1. The van der Waals surface area contributed by atoms with Gasteiger partial charge in [0.2, 0.25) is 0 Å². The Morgan fingerprint density at radius 3 is 2.45 bits per heavy atom. The molecule has 3 aromatic carbocycles. The first-order valence-corrected chi connectivity index (χ1v) is 11.1. The van der Waals surface area contributed by atoms with Crippen LogP contribution < -0.4 is 20.2 Å². The lowest BCUT2D eigenvalue weighted by Crippen LogP contribution is -2.32. The number of benzene rings is 3. The molecule has 0 aliphatic rings. The van der Waals surface area contributed by atoms with E-state index in [0.29, 0.717) is 32.8 Å². The number of ether oxygens (including phenoxy) is 2. The molecule has 0 atom stereocenters. The quantitative estimate of drug-likeness (QED) is 0.233. The van der Waals surface area contributed by atoms with Gasteiger partial charge in [-0.25, -0.2) is 5.43 Å². The zero-order valence-electron chi connectivity index (χ0n) is 17.3. The number of amides is 2. The predicted octanol–water partition coefficient (Wildman–Crippen LogP) is 5.43. The van der Waals surface area contributed by atoms with Crippen molar-refractivity contribution in [1.82, 2.24) is 5.43 Å². The molecule has 7 nitrogen and oxygen atoms in total. The maximum atomic E-state index is 12.0. The zero-order valence-corrected chi connectivity index (χ0v) is 20.4. The first-order chi connectivity index (χ1) is 15.9. The Morgan fingerprint density at radius 2 is 1.76 bits per heavy atom. The summed E-state index contributed by atoms with van der Waals surface area (Å²) in [7, 11) is 1.51. The van der Waals surface area contributed by atoms with Gasteiger partial charge in [-0.1, -0.05) is 45.2 Å². The Labute approximate surface area is 208 Å². The fourth-order valence-corrected chi connectivity index (χ4v) is 3.34. The summed E-state index contributed by atoms with van der Waals surface area (Å²) in [6.07, 6.45) is 1.38. The molecule has 3 aromatic rings. The van der Waals surface area contributed by atoms with Crippen LogP contribution in [0.3, 0.4) is 0 Å². The van der Waals surface area contributed by atoms with Crippen LogP contribution in [0.5, 0.6) is 11.5 Å². The second kappa shape index (κ2) is 11.7. The molecule has 0 saturated heterocycles. The highest BCUT2D eigenvalue weighted by Gasteiger charge is 2.13. The molecule has 0 unspecified atom stereocenters. The molecule has 0 fully saturated rings. The van der Waals surface area contributed by atoms with Gasteiger partial charge in [-0.05, 0) is 60.2 Å². The number of hydrogen-bond acceptors (Lipinski definition) is 5. The average molecular weight is 551 g/mol. The minimum absolute atomic E-state index is 0.226. The first kappa shape index (κ1) is 24.6. The Bertz CT molecular complexity index is 1190. The number of hydrogen-bond donors (Lipinski definition) is 2. The Hall–Kier alpha value is -3.07. The van der Waals surface area contributed by atoms with Gasteiger partial charge < -0.3 is 14.8 Å². The van der Waals surface area contributed by atoms with Crippen molar-refractivity contribution in [1.29, 1.82) is 0 Å². The lowest BCUT2D eigenvalue weighted by molar-refractivity contribution is -0.136. The van der Waals surface area contributed by atoms with Crippen LogP contribution in [0.4, 0.5) is 5.69 Å². The lowest BCUT2D eigenvalue weighted by atomic mass is 10.2. The maximum Gasteiger partial charge on any atom is 0.329 e. The topological polar surface area (TPSA) is 89.0 Å². The van der Waals surface area contributed by atoms with E-state index in [-0.39, 0.29) is 6.61 Å². The van der Waals surface area contributed by atoms with Crippen LogP contribution in [-0.2, 0) is 16.2 Å². The van der Waals surface area contributed by atoms with E-state index in [4.69, 9.17) is 32.7 Å². The molecular weight excluding hydrogens is 533 g/mol. The average Bonchev–Trinajstić information content (AvgIpc) is 2.80. The van der Waals surface area contributed by atoms with Crippen molar-refractivity contribution in [3.63, 3.8) is 0 Å². The number of carbonyl (C=O) groups is 2. The van der Waals surface area contributed by atoms with E-state index >= 15 is 0 Å². The van der Waals surface area contributed by atoms with Crippen molar-refractivity contribution >= 4 is 62.8 Å².